The van der Waals surface area contributed by atoms with Gasteiger partial charge in [0.15, 0.2) is 0 Å². The molecule has 1 fully saturated rings. The second kappa shape index (κ2) is 8.46. The molecule has 30 heavy (non-hydrogen) atoms. The summed E-state index contributed by atoms with van der Waals surface area (Å²) in [6.07, 6.45) is 11.1. The minimum Gasteiger partial charge on any atom is -0.317 e. The summed E-state index contributed by atoms with van der Waals surface area (Å²) in [7, 11) is 0. The van der Waals surface area contributed by atoms with Gasteiger partial charge in [-0.2, -0.15) is 0 Å². The molecule has 1 aliphatic carbocycles. The molecule has 0 spiro atoms. The number of carbonyl (C=O) groups is 1. The van der Waals surface area contributed by atoms with Gasteiger partial charge >= 0.3 is 0 Å². The normalized spacial score (nSPS) is 18.1. The Hall–Kier alpha value is -2.89. The molecule has 0 aromatic carbocycles. The number of nitrogens with zero attached hydrogens (tertiary/aromatic N) is 3. The van der Waals surface area contributed by atoms with Crippen molar-refractivity contribution in [2.45, 2.75) is 64.8 Å². The molecule has 6 nitrogen and oxygen atoms in total. The van der Waals surface area contributed by atoms with E-state index < -0.39 is 0 Å². The van der Waals surface area contributed by atoms with E-state index in [-0.39, 0.29) is 17.5 Å². The maximum atomic E-state index is 12.8. The highest BCUT2D eigenvalue weighted by Gasteiger charge is 2.35. The zero-order valence-electron chi connectivity index (χ0n) is 18.0. The first kappa shape index (κ1) is 20.4. The predicted octanol–water partition coefficient (Wildman–Crippen LogP) is 5.01. The third kappa shape index (κ3) is 4.04. The molecular formula is C24H30N4O2. The minimum atomic E-state index is -0.287. The lowest BCUT2D eigenvalue weighted by Crippen LogP contribution is -2.25. The molecule has 3 aromatic heterocycles. The number of pyridine rings is 2. The number of aromatic nitrogens is 3. The van der Waals surface area contributed by atoms with Gasteiger partial charge in [-0.05, 0) is 49.4 Å². The fourth-order valence-electron chi connectivity index (χ4n) is 4.23. The molecule has 1 amide bonds. The van der Waals surface area contributed by atoms with Crippen LogP contribution in [-0.4, -0.2) is 19.9 Å². The Morgan fingerprint density at radius 2 is 1.93 bits per heavy atom. The first-order chi connectivity index (χ1) is 14.5. The average molecular weight is 407 g/mol. The summed E-state index contributed by atoms with van der Waals surface area (Å²) in [5, 5.41) is 2.79. The Morgan fingerprint density at radius 1 is 1.20 bits per heavy atom. The molecule has 0 unspecified atom stereocenters. The lowest BCUT2D eigenvalue weighted by Gasteiger charge is -2.11. The van der Waals surface area contributed by atoms with Gasteiger partial charge in [0.25, 0.3) is 11.5 Å². The number of amides is 1. The van der Waals surface area contributed by atoms with Crippen LogP contribution in [0, 0.1) is 5.92 Å². The maximum absolute atomic E-state index is 12.8. The van der Waals surface area contributed by atoms with Crippen molar-refractivity contribution in [2.75, 3.05) is 5.32 Å². The number of fused-ring (bicyclic) bond motifs is 1. The second-order valence-corrected chi connectivity index (χ2v) is 8.49. The molecule has 0 bridgehead atoms. The lowest BCUT2D eigenvalue weighted by atomic mass is 9.95. The van der Waals surface area contributed by atoms with Crippen molar-refractivity contribution >= 4 is 17.2 Å². The predicted molar refractivity (Wildman–Crippen MR) is 119 cm³/mol. The zero-order chi connectivity index (χ0) is 21.3. The van der Waals surface area contributed by atoms with E-state index in [1.165, 1.54) is 0 Å². The summed E-state index contributed by atoms with van der Waals surface area (Å²) in [4.78, 5) is 30.3. The van der Waals surface area contributed by atoms with Crippen molar-refractivity contribution in [3.05, 3.63) is 64.5 Å². The van der Waals surface area contributed by atoms with Crippen molar-refractivity contribution in [1.82, 2.24) is 14.0 Å². The van der Waals surface area contributed by atoms with E-state index in [4.69, 9.17) is 4.98 Å². The van der Waals surface area contributed by atoms with Gasteiger partial charge in [0.05, 0.1) is 11.3 Å². The Labute approximate surface area is 177 Å². The van der Waals surface area contributed by atoms with E-state index in [1.54, 1.807) is 29.1 Å². The molecule has 0 saturated heterocycles. The largest absolute Gasteiger partial charge is 0.317 e. The average Bonchev–Trinajstić information content (AvgIpc) is 3.30. The highest BCUT2D eigenvalue weighted by atomic mass is 16.2. The van der Waals surface area contributed by atoms with E-state index in [0.29, 0.717) is 23.1 Å². The summed E-state index contributed by atoms with van der Waals surface area (Å²) >= 11 is 0. The monoisotopic (exact) mass is 406 g/mol. The van der Waals surface area contributed by atoms with Crippen LogP contribution >= 0.6 is 0 Å². The molecule has 1 aliphatic rings. The molecule has 4 rings (SSSR count). The fraction of sp³-hybridized carbons (Fsp3) is 0.458. The number of rotatable bonds is 8. The van der Waals surface area contributed by atoms with E-state index in [9.17, 15) is 9.59 Å². The summed E-state index contributed by atoms with van der Waals surface area (Å²) in [6, 6.07) is 7.35. The number of anilines is 1. The molecule has 158 valence electrons. The number of imidazole rings is 1. The Kier molecular flexibility index (Phi) is 5.75. The van der Waals surface area contributed by atoms with Crippen LogP contribution in [0.25, 0.3) is 5.65 Å². The van der Waals surface area contributed by atoms with Gasteiger partial charge in [0.2, 0.25) is 0 Å². The molecule has 1 saturated carbocycles. The van der Waals surface area contributed by atoms with E-state index in [0.717, 1.165) is 43.4 Å². The number of carbonyl (C=O) groups excluding carboxylic acids is 1. The highest BCUT2D eigenvalue weighted by Crippen LogP contribution is 2.41. The van der Waals surface area contributed by atoms with Gasteiger partial charge in [-0.25, -0.2) is 4.98 Å². The van der Waals surface area contributed by atoms with Crippen molar-refractivity contribution in [3.63, 3.8) is 0 Å². The van der Waals surface area contributed by atoms with Crippen molar-refractivity contribution in [1.29, 1.82) is 0 Å². The second-order valence-electron chi connectivity index (χ2n) is 8.49. The Balaban J connectivity index is 1.56. The van der Waals surface area contributed by atoms with Gasteiger partial charge in [-0.1, -0.05) is 33.6 Å². The third-order valence-electron chi connectivity index (χ3n) is 6.07. The molecule has 3 heterocycles. The standard InChI is InChI=1S/C24H30N4O2/c1-4-7-17(8-5-2)20-15-27-14-18(10-11-22(27)25-20)23(29)26-19-9-6-12-28(24(19)30)21-13-16(21)3/h6,9-12,14-17,21H,4-5,7-8,13H2,1-3H3,(H,26,29)/t16-,21-/m0/s1. The summed E-state index contributed by atoms with van der Waals surface area (Å²) in [6.45, 7) is 6.52. The molecule has 1 N–H and O–H groups in total. The van der Waals surface area contributed by atoms with E-state index in [1.807, 2.05) is 22.7 Å². The number of nitrogens with one attached hydrogen (secondary N) is 1. The number of hydrogen-bond donors (Lipinski definition) is 1. The van der Waals surface area contributed by atoms with Gasteiger partial charge in [0.1, 0.15) is 11.3 Å². The smallest absolute Gasteiger partial charge is 0.274 e. The van der Waals surface area contributed by atoms with Crippen LogP contribution < -0.4 is 10.9 Å². The van der Waals surface area contributed by atoms with E-state index >= 15 is 0 Å². The van der Waals surface area contributed by atoms with Crippen molar-refractivity contribution < 1.29 is 4.79 Å². The third-order valence-corrected chi connectivity index (χ3v) is 6.07. The lowest BCUT2D eigenvalue weighted by molar-refractivity contribution is 0.102. The molecule has 6 heteroatoms. The van der Waals surface area contributed by atoms with E-state index in [2.05, 4.69) is 26.1 Å². The molecular weight excluding hydrogens is 376 g/mol. The van der Waals surface area contributed by atoms with Crippen LogP contribution in [0.2, 0.25) is 0 Å². The quantitative estimate of drug-likeness (QED) is 0.571. The van der Waals surface area contributed by atoms with Crippen LogP contribution in [0.15, 0.2) is 47.7 Å². The first-order valence-corrected chi connectivity index (χ1v) is 11.0. The van der Waals surface area contributed by atoms with Gasteiger partial charge in [-0.3, -0.25) is 9.59 Å². The van der Waals surface area contributed by atoms with Crippen LogP contribution in [0.4, 0.5) is 5.69 Å². The Bertz CT molecular complexity index is 1110. The molecule has 3 aromatic rings. The first-order valence-electron chi connectivity index (χ1n) is 11.0. The molecule has 0 radical (unpaired) electrons. The maximum Gasteiger partial charge on any atom is 0.274 e. The van der Waals surface area contributed by atoms with Crippen molar-refractivity contribution in [2.24, 2.45) is 5.92 Å². The summed E-state index contributed by atoms with van der Waals surface area (Å²) in [5.41, 5.74) is 2.60. The van der Waals surface area contributed by atoms with Crippen LogP contribution in [0.5, 0.6) is 0 Å². The van der Waals surface area contributed by atoms with Crippen molar-refractivity contribution in [3.8, 4) is 0 Å². The van der Waals surface area contributed by atoms with Crippen LogP contribution in [-0.2, 0) is 0 Å². The topological polar surface area (TPSA) is 68.4 Å². The highest BCUT2D eigenvalue weighted by molar-refractivity contribution is 6.04. The molecule has 0 aliphatic heterocycles. The van der Waals surface area contributed by atoms with Crippen LogP contribution in [0.1, 0.15) is 80.9 Å². The van der Waals surface area contributed by atoms with Gasteiger partial charge in [0, 0.05) is 30.6 Å². The summed E-state index contributed by atoms with van der Waals surface area (Å²) < 4.78 is 3.64. The van der Waals surface area contributed by atoms with Crippen LogP contribution in [0.3, 0.4) is 0 Å². The van der Waals surface area contributed by atoms with Gasteiger partial charge < -0.3 is 14.3 Å². The molecule has 2 atom stereocenters. The fourth-order valence-corrected chi connectivity index (χ4v) is 4.23. The Morgan fingerprint density at radius 3 is 2.60 bits per heavy atom. The number of hydrogen-bond acceptors (Lipinski definition) is 3. The zero-order valence-corrected chi connectivity index (χ0v) is 18.0. The summed E-state index contributed by atoms with van der Waals surface area (Å²) in [5.74, 6) is 0.671. The van der Waals surface area contributed by atoms with Gasteiger partial charge in [-0.15, -0.1) is 0 Å². The SMILES string of the molecule is CCCC(CCC)c1cn2cc(C(=O)Nc3cccn([C@H]4C[C@@H]4C)c3=O)ccc2n1. The minimum absolute atomic E-state index is 0.145.